The molecule has 0 saturated carbocycles. The lowest BCUT2D eigenvalue weighted by atomic mass is 10.2. The molecule has 0 heterocycles. The van der Waals surface area contributed by atoms with Crippen LogP contribution in [0.5, 0.6) is 0 Å². The zero-order chi connectivity index (χ0) is 16.8. The highest BCUT2D eigenvalue weighted by atomic mass is 35.5. The molecule has 0 radical (unpaired) electrons. The minimum Gasteiger partial charge on any atom is -0.324 e. The molecule has 1 N–H and O–H groups in total. The fraction of sp³-hybridized carbons (Fsp3) is 0.278. The van der Waals surface area contributed by atoms with E-state index < -0.39 is 0 Å². The van der Waals surface area contributed by atoms with Crippen molar-refractivity contribution in [3.8, 4) is 0 Å². The van der Waals surface area contributed by atoms with E-state index in [1.165, 1.54) is 5.56 Å². The third-order valence-electron chi connectivity index (χ3n) is 3.51. The number of rotatable bonds is 6. The molecule has 2 aromatic carbocycles. The van der Waals surface area contributed by atoms with Crippen molar-refractivity contribution in [3.05, 3.63) is 64.1 Å². The zero-order valence-electron chi connectivity index (χ0n) is 13.2. The van der Waals surface area contributed by atoms with Gasteiger partial charge in [0.15, 0.2) is 0 Å². The molecule has 0 aliphatic rings. The predicted molar refractivity (Wildman–Crippen MR) is 97.1 cm³/mol. The molecule has 0 saturated heterocycles. The molecule has 0 bridgehead atoms. The Hall–Kier alpha value is -1.55. The molecule has 0 fully saturated rings. The maximum atomic E-state index is 12.3. The monoisotopic (exact) mass is 350 g/mol. The number of hydrogen-bond donors (Lipinski definition) is 1. The number of carbonyl (C=O) groups excluding carboxylic acids is 1. The first-order valence-electron chi connectivity index (χ1n) is 7.48. The summed E-state index contributed by atoms with van der Waals surface area (Å²) in [7, 11) is 0. The molecule has 0 aliphatic carbocycles. The second-order valence-corrected chi connectivity index (χ2v) is 6.50. The summed E-state index contributed by atoms with van der Waals surface area (Å²) in [6.45, 7) is 5.15. The summed E-state index contributed by atoms with van der Waals surface area (Å²) in [4.78, 5) is 14.4. The Kier molecular flexibility index (Phi) is 6.46. The van der Waals surface area contributed by atoms with Crippen molar-refractivity contribution in [3.63, 3.8) is 0 Å². The third-order valence-corrected chi connectivity index (χ3v) is 4.07. The minimum absolute atomic E-state index is 0.112. The first kappa shape index (κ1) is 17.8. The second-order valence-electron chi connectivity index (χ2n) is 5.66. The Labute approximate surface area is 147 Å². The molecular weight excluding hydrogens is 331 g/mol. The Morgan fingerprint density at radius 3 is 2.48 bits per heavy atom. The SMILES string of the molecule is CC(C)N(CC(=O)Nc1cc(Cl)ccc1Cl)Cc1ccccc1. The van der Waals surface area contributed by atoms with Gasteiger partial charge in [0.1, 0.15) is 0 Å². The van der Waals surface area contributed by atoms with Crippen molar-refractivity contribution in [1.82, 2.24) is 4.90 Å². The van der Waals surface area contributed by atoms with E-state index in [2.05, 4.69) is 36.2 Å². The number of halogens is 2. The fourth-order valence-electron chi connectivity index (χ4n) is 2.21. The summed E-state index contributed by atoms with van der Waals surface area (Å²) >= 11 is 12.0. The van der Waals surface area contributed by atoms with Gasteiger partial charge in [0.25, 0.3) is 0 Å². The van der Waals surface area contributed by atoms with Gasteiger partial charge in [-0.2, -0.15) is 0 Å². The van der Waals surface area contributed by atoms with Crippen LogP contribution < -0.4 is 5.32 Å². The normalized spacial score (nSPS) is 11.0. The van der Waals surface area contributed by atoms with Crippen molar-refractivity contribution in [1.29, 1.82) is 0 Å². The van der Waals surface area contributed by atoms with Gasteiger partial charge >= 0.3 is 0 Å². The third kappa shape index (κ3) is 5.54. The zero-order valence-corrected chi connectivity index (χ0v) is 14.7. The number of hydrogen-bond acceptors (Lipinski definition) is 2. The summed E-state index contributed by atoms with van der Waals surface area (Å²) in [5, 5.41) is 3.84. The molecule has 0 aliphatic heterocycles. The van der Waals surface area contributed by atoms with Gasteiger partial charge in [-0.25, -0.2) is 0 Å². The van der Waals surface area contributed by atoms with Crippen LogP contribution in [0.3, 0.4) is 0 Å². The summed E-state index contributed by atoms with van der Waals surface area (Å²) < 4.78 is 0. The molecule has 1 amide bonds. The molecule has 0 unspecified atom stereocenters. The molecule has 2 aromatic rings. The highest BCUT2D eigenvalue weighted by Crippen LogP contribution is 2.25. The minimum atomic E-state index is -0.112. The molecule has 122 valence electrons. The quantitative estimate of drug-likeness (QED) is 0.807. The molecule has 0 aromatic heterocycles. The molecule has 3 nitrogen and oxygen atoms in total. The van der Waals surface area contributed by atoms with Crippen LogP contribution in [0.2, 0.25) is 10.0 Å². The fourth-order valence-corrected chi connectivity index (χ4v) is 2.54. The van der Waals surface area contributed by atoms with Crippen LogP contribution in [-0.4, -0.2) is 23.4 Å². The van der Waals surface area contributed by atoms with Gasteiger partial charge in [-0.05, 0) is 37.6 Å². The van der Waals surface area contributed by atoms with Crippen LogP contribution in [0.4, 0.5) is 5.69 Å². The first-order valence-corrected chi connectivity index (χ1v) is 8.24. The van der Waals surface area contributed by atoms with Crippen molar-refractivity contribution >= 4 is 34.8 Å². The average molecular weight is 351 g/mol. The van der Waals surface area contributed by atoms with Crippen molar-refractivity contribution < 1.29 is 4.79 Å². The largest absolute Gasteiger partial charge is 0.324 e. The number of nitrogens with one attached hydrogen (secondary N) is 1. The van der Waals surface area contributed by atoms with Gasteiger partial charge in [0.05, 0.1) is 17.3 Å². The Bertz CT molecular complexity index is 659. The summed E-state index contributed by atoms with van der Waals surface area (Å²) in [5.41, 5.74) is 1.71. The number of carbonyl (C=O) groups is 1. The van der Waals surface area contributed by atoms with Gasteiger partial charge in [-0.1, -0.05) is 53.5 Å². The van der Waals surface area contributed by atoms with Gasteiger partial charge in [-0.15, -0.1) is 0 Å². The lowest BCUT2D eigenvalue weighted by molar-refractivity contribution is -0.117. The lowest BCUT2D eigenvalue weighted by Crippen LogP contribution is -2.37. The van der Waals surface area contributed by atoms with E-state index >= 15 is 0 Å². The van der Waals surface area contributed by atoms with E-state index in [-0.39, 0.29) is 18.5 Å². The molecule has 2 rings (SSSR count). The summed E-state index contributed by atoms with van der Waals surface area (Å²) in [6.07, 6.45) is 0. The highest BCUT2D eigenvalue weighted by molar-refractivity contribution is 6.35. The van der Waals surface area contributed by atoms with Crippen molar-refractivity contribution in [2.45, 2.75) is 26.4 Å². The predicted octanol–water partition coefficient (Wildman–Crippen LogP) is 4.84. The van der Waals surface area contributed by atoms with Crippen LogP contribution >= 0.6 is 23.2 Å². The topological polar surface area (TPSA) is 32.3 Å². The molecule has 23 heavy (non-hydrogen) atoms. The molecule has 5 heteroatoms. The number of benzene rings is 2. The maximum Gasteiger partial charge on any atom is 0.238 e. The summed E-state index contributed by atoms with van der Waals surface area (Å²) in [5.74, 6) is -0.112. The Balaban J connectivity index is 2.02. The van der Waals surface area contributed by atoms with E-state index in [9.17, 15) is 4.79 Å². The van der Waals surface area contributed by atoms with Crippen LogP contribution in [0.1, 0.15) is 19.4 Å². The smallest absolute Gasteiger partial charge is 0.238 e. The number of amides is 1. The van der Waals surface area contributed by atoms with E-state index in [1.54, 1.807) is 18.2 Å². The summed E-state index contributed by atoms with van der Waals surface area (Å²) in [6, 6.07) is 15.4. The van der Waals surface area contributed by atoms with E-state index in [0.29, 0.717) is 15.7 Å². The van der Waals surface area contributed by atoms with Gasteiger partial charge in [-0.3, -0.25) is 9.69 Å². The van der Waals surface area contributed by atoms with Crippen LogP contribution in [0, 0.1) is 0 Å². The molecular formula is C18H20Cl2N2O. The average Bonchev–Trinajstić information content (AvgIpc) is 2.51. The van der Waals surface area contributed by atoms with Gasteiger partial charge in [0, 0.05) is 17.6 Å². The number of anilines is 1. The van der Waals surface area contributed by atoms with E-state index in [4.69, 9.17) is 23.2 Å². The highest BCUT2D eigenvalue weighted by Gasteiger charge is 2.15. The van der Waals surface area contributed by atoms with Crippen LogP contribution in [-0.2, 0) is 11.3 Å². The van der Waals surface area contributed by atoms with Crippen molar-refractivity contribution in [2.75, 3.05) is 11.9 Å². The Morgan fingerprint density at radius 2 is 1.83 bits per heavy atom. The van der Waals surface area contributed by atoms with Crippen LogP contribution in [0.15, 0.2) is 48.5 Å². The molecule has 0 atom stereocenters. The van der Waals surface area contributed by atoms with Crippen LogP contribution in [0.25, 0.3) is 0 Å². The lowest BCUT2D eigenvalue weighted by Gasteiger charge is -2.26. The van der Waals surface area contributed by atoms with Gasteiger partial charge < -0.3 is 5.32 Å². The Morgan fingerprint density at radius 1 is 1.13 bits per heavy atom. The number of nitrogens with zero attached hydrogens (tertiary/aromatic N) is 1. The van der Waals surface area contributed by atoms with Crippen molar-refractivity contribution in [2.24, 2.45) is 0 Å². The maximum absolute atomic E-state index is 12.3. The standard InChI is InChI=1S/C18H20Cl2N2O/c1-13(2)22(11-14-6-4-3-5-7-14)12-18(23)21-17-10-15(19)8-9-16(17)20/h3-10,13H,11-12H2,1-2H3,(H,21,23). The molecule has 0 spiro atoms. The van der Waals surface area contributed by atoms with E-state index in [1.807, 2.05) is 18.2 Å². The van der Waals surface area contributed by atoms with E-state index in [0.717, 1.165) is 6.54 Å². The first-order chi connectivity index (χ1) is 11.0. The van der Waals surface area contributed by atoms with Gasteiger partial charge in [0.2, 0.25) is 5.91 Å². The second kappa shape index (κ2) is 8.34.